The molecule has 0 aliphatic heterocycles. The molecule has 2 rings (SSSR count). The molecule has 98 valence electrons. The van der Waals surface area contributed by atoms with E-state index in [2.05, 4.69) is 4.98 Å². The van der Waals surface area contributed by atoms with Gasteiger partial charge in [-0.25, -0.2) is 4.98 Å². The first-order chi connectivity index (χ1) is 8.10. The molecule has 0 aromatic carbocycles. The first kappa shape index (κ1) is 12.7. The largest absolute Gasteiger partial charge is 0.417 e. The van der Waals surface area contributed by atoms with Gasteiger partial charge in [0, 0.05) is 11.6 Å². The Balaban J connectivity index is 2.68. The van der Waals surface area contributed by atoms with Gasteiger partial charge in [-0.15, -0.1) is 0 Å². The highest BCUT2D eigenvalue weighted by molar-refractivity contribution is 5.55. The molecule has 0 fully saturated rings. The third kappa shape index (κ3) is 2.02. The standard InChI is InChI=1S/C12H14F3N3/c1-11(2,3)9-10(16)18-6-7(12(13,14)15)4-5-8(18)17-9/h4-6H,16H2,1-3H3. The number of rotatable bonds is 0. The van der Waals surface area contributed by atoms with Crippen molar-refractivity contribution in [1.29, 1.82) is 0 Å². The second-order valence-corrected chi connectivity index (χ2v) is 5.24. The number of alkyl halides is 3. The van der Waals surface area contributed by atoms with Gasteiger partial charge in [-0.05, 0) is 12.1 Å². The highest BCUT2D eigenvalue weighted by Gasteiger charge is 2.31. The van der Waals surface area contributed by atoms with E-state index in [1.54, 1.807) is 0 Å². The van der Waals surface area contributed by atoms with Gasteiger partial charge in [0.05, 0.1) is 11.3 Å². The van der Waals surface area contributed by atoms with Crippen molar-refractivity contribution in [2.24, 2.45) is 0 Å². The Hall–Kier alpha value is -1.72. The fourth-order valence-electron chi connectivity index (χ4n) is 1.78. The van der Waals surface area contributed by atoms with E-state index in [0.29, 0.717) is 11.3 Å². The maximum atomic E-state index is 12.6. The van der Waals surface area contributed by atoms with Crippen LogP contribution in [0, 0.1) is 0 Å². The molecule has 0 aliphatic rings. The average molecular weight is 257 g/mol. The topological polar surface area (TPSA) is 43.3 Å². The van der Waals surface area contributed by atoms with Crippen LogP contribution in [0.15, 0.2) is 18.3 Å². The van der Waals surface area contributed by atoms with Gasteiger partial charge < -0.3 is 5.73 Å². The lowest BCUT2D eigenvalue weighted by Crippen LogP contribution is -2.14. The lowest BCUT2D eigenvalue weighted by molar-refractivity contribution is -0.137. The summed E-state index contributed by atoms with van der Waals surface area (Å²) >= 11 is 0. The molecular weight excluding hydrogens is 243 g/mol. The zero-order valence-corrected chi connectivity index (χ0v) is 10.3. The molecule has 0 unspecified atom stereocenters. The van der Waals surface area contributed by atoms with Crippen LogP contribution in [0.3, 0.4) is 0 Å². The van der Waals surface area contributed by atoms with Crippen molar-refractivity contribution < 1.29 is 13.2 Å². The Morgan fingerprint density at radius 3 is 2.28 bits per heavy atom. The molecule has 0 radical (unpaired) electrons. The van der Waals surface area contributed by atoms with Crippen LogP contribution < -0.4 is 5.73 Å². The Morgan fingerprint density at radius 1 is 1.17 bits per heavy atom. The maximum Gasteiger partial charge on any atom is 0.417 e. The quantitative estimate of drug-likeness (QED) is 0.787. The summed E-state index contributed by atoms with van der Waals surface area (Å²) in [7, 11) is 0. The summed E-state index contributed by atoms with van der Waals surface area (Å²) in [4.78, 5) is 4.28. The summed E-state index contributed by atoms with van der Waals surface area (Å²) in [5.41, 5.74) is 5.84. The Morgan fingerprint density at radius 2 is 1.78 bits per heavy atom. The van der Waals surface area contributed by atoms with Crippen molar-refractivity contribution in [2.45, 2.75) is 32.4 Å². The molecule has 0 aliphatic carbocycles. The molecular formula is C12H14F3N3. The maximum absolute atomic E-state index is 12.6. The van der Waals surface area contributed by atoms with Gasteiger partial charge in [-0.3, -0.25) is 4.40 Å². The zero-order chi connectivity index (χ0) is 13.7. The molecule has 18 heavy (non-hydrogen) atoms. The summed E-state index contributed by atoms with van der Waals surface area (Å²) in [6.45, 7) is 5.74. The minimum Gasteiger partial charge on any atom is -0.383 e. The molecule has 0 amide bonds. The number of fused-ring (bicyclic) bond motifs is 1. The molecule has 0 saturated heterocycles. The number of hydrogen-bond acceptors (Lipinski definition) is 2. The summed E-state index contributed by atoms with van der Waals surface area (Å²) in [6.07, 6.45) is -3.40. The molecule has 0 saturated carbocycles. The minimum atomic E-state index is -4.38. The number of aromatic nitrogens is 2. The van der Waals surface area contributed by atoms with Crippen LogP contribution in [0.25, 0.3) is 5.65 Å². The predicted octanol–water partition coefficient (Wildman–Crippen LogP) is 3.23. The molecule has 2 aromatic heterocycles. The molecule has 0 bridgehead atoms. The summed E-state index contributed by atoms with van der Waals surface area (Å²) in [5, 5.41) is 0. The molecule has 0 spiro atoms. The number of pyridine rings is 1. The van der Waals surface area contributed by atoms with Gasteiger partial charge in [0.15, 0.2) is 0 Å². The van der Waals surface area contributed by atoms with Crippen LogP contribution in [0.5, 0.6) is 0 Å². The highest BCUT2D eigenvalue weighted by Crippen LogP contribution is 2.32. The lowest BCUT2D eigenvalue weighted by Gasteiger charge is -2.15. The van der Waals surface area contributed by atoms with Crippen LogP contribution in [0.1, 0.15) is 32.0 Å². The van der Waals surface area contributed by atoms with Crippen molar-refractivity contribution in [3.63, 3.8) is 0 Å². The summed E-state index contributed by atoms with van der Waals surface area (Å²) in [6, 6.07) is 2.34. The Kier molecular flexibility index (Phi) is 2.57. The van der Waals surface area contributed by atoms with Crippen molar-refractivity contribution in [1.82, 2.24) is 9.38 Å². The van der Waals surface area contributed by atoms with E-state index in [0.717, 1.165) is 12.3 Å². The van der Waals surface area contributed by atoms with Crippen molar-refractivity contribution >= 4 is 11.5 Å². The Bertz CT molecular complexity index is 591. The van der Waals surface area contributed by atoms with Crippen LogP contribution in [-0.4, -0.2) is 9.38 Å². The van der Waals surface area contributed by atoms with Gasteiger partial charge in [0.2, 0.25) is 0 Å². The number of hydrogen-bond donors (Lipinski definition) is 1. The number of nitrogens with zero attached hydrogens (tertiary/aromatic N) is 2. The van der Waals surface area contributed by atoms with Crippen molar-refractivity contribution in [2.75, 3.05) is 5.73 Å². The van der Waals surface area contributed by atoms with E-state index in [1.807, 2.05) is 20.8 Å². The lowest BCUT2D eigenvalue weighted by atomic mass is 9.92. The molecule has 3 nitrogen and oxygen atoms in total. The van der Waals surface area contributed by atoms with Crippen LogP contribution >= 0.6 is 0 Å². The van der Waals surface area contributed by atoms with Gasteiger partial charge >= 0.3 is 6.18 Å². The molecule has 6 heteroatoms. The highest BCUT2D eigenvalue weighted by atomic mass is 19.4. The third-order valence-electron chi connectivity index (χ3n) is 2.69. The fraction of sp³-hybridized carbons (Fsp3) is 0.417. The summed E-state index contributed by atoms with van der Waals surface area (Å²) in [5.74, 6) is 0.253. The van der Waals surface area contributed by atoms with Gasteiger partial charge in [0.25, 0.3) is 0 Å². The third-order valence-corrected chi connectivity index (χ3v) is 2.69. The van der Waals surface area contributed by atoms with E-state index in [9.17, 15) is 13.2 Å². The number of imidazole rings is 1. The molecule has 2 heterocycles. The van der Waals surface area contributed by atoms with Gasteiger partial charge in [0.1, 0.15) is 11.5 Å². The van der Waals surface area contributed by atoms with Crippen LogP contribution in [0.4, 0.5) is 19.0 Å². The van der Waals surface area contributed by atoms with E-state index in [1.165, 1.54) is 10.5 Å². The first-order valence-electron chi connectivity index (χ1n) is 5.46. The number of anilines is 1. The smallest absolute Gasteiger partial charge is 0.383 e. The van der Waals surface area contributed by atoms with Gasteiger partial charge in [-0.1, -0.05) is 20.8 Å². The van der Waals surface area contributed by atoms with Crippen molar-refractivity contribution in [3.05, 3.63) is 29.6 Å². The Labute approximate surface area is 102 Å². The monoisotopic (exact) mass is 257 g/mol. The number of nitrogens with two attached hydrogens (primary N) is 1. The van der Waals surface area contributed by atoms with Crippen molar-refractivity contribution in [3.8, 4) is 0 Å². The van der Waals surface area contributed by atoms with E-state index >= 15 is 0 Å². The average Bonchev–Trinajstić information content (AvgIpc) is 2.54. The second-order valence-electron chi connectivity index (χ2n) is 5.24. The van der Waals surface area contributed by atoms with E-state index < -0.39 is 11.7 Å². The van der Waals surface area contributed by atoms with E-state index in [-0.39, 0.29) is 11.2 Å². The normalized spacial score (nSPS) is 13.2. The van der Waals surface area contributed by atoms with E-state index in [4.69, 9.17) is 5.73 Å². The summed E-state index contributed by atoms with van der Waals surface area (Å²) < 4.78 is 39.1. The zero-order valence-electron chi connectivity index (χ0n) is 10.3. The van der Waals surface area contributed by atoms with Crippen LogP contribution in [0.2, 0.25) is 0 Å². The van der Waals surface area contributed by atoms with Crippen LogP contribution in [-0.2, 0) is 11.6 Å². The molecule has 0 atom stereocenters. The number of nitrogen functional groups attached to an aromatic ring is 1. The molecule has 2 aromatic rings. The fourth-order valence-corrected chi connectivity index (χ4v) is 1.78. The molecule has 2 N–H and O–H groups in total. The SMILES string of the molecule is CC(C)(C)c1nc2ccc(C(F)(F)F)cn2c1N. The minimum absolute atomic E-state index is 0.253. The number of halogens is 3. The predicted molar refractivity (Wildman–Crippen MR) is 63.3 cm³/mol. The second kappa shape index (κ2) is 3.63. The van der Waals surface area contributed by atoms with Gasteiger partial charge in [-0.2, -0.15) is 13.2 Å². The first-order valence-corrected chi connectivity index (χ1v) is 5.46.